The van der Waals surface area contributed by atoms with Gasteiger partial charge >= 0.3 is 5.97 Å². The van der Waals surface area contributed by atoms with E-state index in [-0.39, 0.29) is 30.2 Å². The highest BCUT2D eigenvalue weighted by Crippen LogP contribution is 2.12. The van der Waals surface area contributed by atoms with Crippen molar-refractivity contribution in [1.82, 2.24) is 5.32 Å². The first-order valence-electron chi connectivity index (χ1n) is 6.14. The number of amides is 1. The molecule has 0 saturated heterocycles. The molecule has 0 radical (unpaired) electrons. The van der Waals surface area contributed by atoms with E-state index in [2.05, 4.69) is 15.4 Å². The zero-order valence-corrected chi connectivity index (χ0v) is 12.1. The molecule has 1 rings (SSSR count). The smallest absolute Gasteiger partial charge is 0.306 e. The van der Waals surface area contributed by atoms with Crippen molar-refractivity contribution in [2.45, 2.75) is 19.8 Å². The van der Waals surface area contributed by atoms with Crippen LogP contribution in [0.15, 0.2) is 18.2 Å². The zero-order chi connectivity index (χ0) is 15.8. The van der Waals surface area contributed by atoms with Crippen molar-refractivity contribution in [1.29, 1.82) is 0 Å². The number of nitrogens with one attached hydrogen (secondary N) is 2. The second-order valence-electron chi connectivity index (χ2n) is 3.94. The van der Waals surface area contributed by atoms with Gasteiger partial charge in [-0.05, 0) is 31.3 Å². The number of benzene rings is 1. The van der Waals surface area contributed by atoms with E-state index < -0.39 is 23.5 Å². The van der Waals surface area contributed by atoms with Crippen LogP contribution < -0.4 is 10.6 Å². The summed E-state index contributed by atoms with van der Waals surface area (Å²) in [6.45, 7) is 1.91. The van der Waals surface area contributed by atoms with E-state index >= 15 is 0 Å². The lowest BCUT2D eigenvalue weighted by molar-refractivity contribution is -0.144. The molecule has 0 aromatic heterocycles. The average molecular weight is 316 g/mol. The van der Waals surface area contributed by atoms with Crippen LogP contribution in [-0.2, 0) is 14.3 Å². The van der Waals surface area contributed by atoms with Crippen LogP contribution in [-0.4, -0.2) is 23.6 Å². The first-order valence-corrected chi connectivity index (χ1v) is 6.54. The molecule has 5 nitrogen and oxygen atoms in total. The highest BCUT2D eigenvalue weighted by atomic mass is 32.1. The molecule has 0 aliphatic heterocycles. The lowest BCUT2D eigenvalue weighted by atomic mass is 10.3. The van der Waals surface area contributed by atoms with Crippen LogP contribution in [0, 0.1) is 11.6 Å². The van der Waals surface area contributed by atoms with Gasteiger partial charge in [-0.1, -0.05) is 0 Å². The summed E-state index contributed by atoms with van der Waals surface area (Å²) in [5, 5.41) is 4.77. The van der Waals surface area contributed by atoms with Crippen molar-refractivity contribution < 1.29 is 23.1 Å². The summed E-state index contributed by atoms with van der Waals surface area (Å²) >= 11 is 4.84. The molecule has 0 heterocycles. The maximum absolute atomic E-state index is 13.0. The minimum Gasteiger partial charge on any atom is -0.466 e. The van der Waals surface area contributed by atoms with Crippen LogP contribution in [0.5, 0.6) is 0 Å². The SMILES string of the molecule is CCOC(=O)CCC(=O)NC(=S)Nc1ccc(F)c(F)c1. The molecule has 0 spiro atoms. The van der Waals surface area contributed by atoms with Gasteiger partial charge in [-0.3, -0.25) is 9.59 Å². The Morgan fingerprint density at radius 3 is 2.57 bits per heavy atom. The molecule has 21 heavy (non-hydrogen) atoms. The number of halogens is 2. The average Bonchev–Trinajstić information content (AvgIpc) is 2.41. The Balaban J connectivity index is 2.40. The van der Waals surface area contributed by atoms with Crippen molar-refractivity contribution in [2.24, 2.45) is 0 Å². The number of carbonyl (C=O) groups is 2. The number of rotatable bonds is 5. The lowest BCUT2D eigenvalue weighted by Crippen LogP contribution is -2.34. The van der Waals surface area contributed by atoms with E-state index in [9.17, 15) is 18.4 Å². The first-order chi connectivity index (χ1) is 9.92. The molecule has 1 amide bonds. The second kappa shape index (κ2) is 8.25. The molecule has 2 N–H and O–H groups in total. The molecule has 0 unspecified atom stereocenters. The number of ether oxygens (including phenoxy) is 1. The number of hydrogen-bond donors (Lipinski definition) is 2. The Morgan fingerprint density at radius 2 is 1.95 bits per heavy atom. The zero-order valence-electron chi connectivity index (χ0n) is 11.2. The molecule has 114 valence electrons. The summed E-state index contributed by atoms with van der Waals surface area (Å²) in [5.41, 5.74) is 0.199. The van der Waals surface area contributed by atoms with Crippen LogP contribution in [0.2, 0.25) is 0 Å². The fraction of sp³-hybridized carbons (Fsp3) is 0.308. The summed E-state index contributed by atoms with van der Waals surface area (Å²) in [6, 6.07) is 3.12. The van der Waals surface area contributed by atoms with Crippen molar-refractivity contribution in [3.05, 3.63) is 29.8 Å². The first kappa shape index (κ1) is 17.0. The second-order valence-corrected chi connectivity index (χ2v) is 4.34. The van der Waals surface area contributed by atoms with Gasteiger partial charge in [0, 0.05) is 18.2 Å². The number of thiocarbonyl (C=S) groups is 1. The Kier molecular flexibility index (Phi) is 6.67. The molecule has 0 bridgehead atoms. The van der Waals surface area contributed by atoms with E-state index in [4.69, 9.17) is 12.2 Å². The third-order valence-electron chi connectivity index (χ3n) is 2.29. The molecule has 0 fully saturated rings. The molecule has 0 aliphatic rings. The van der Waals surface area contributed by atoms with E-state index in [0.717, 1.165) is 12.1 Å². The molecular weight excluding hydrogens is 302 g/mol. The van der Waals surface area contributed by atoms with E-state index in [1.54, 1.807) is 6.92 Å². The number of anilines is 1. The highest BCUT2D eigenvalue weighted by Gasteiger charge is 2.10. The molecule has 1 aromatic rings. The predicted octanol–water partition coefficient (Wildman–Crippen LogP) is 2.12. The van der Waals surface area contributed by atoms with Gasteiger partial charge in [0.2, 0.25) is 5.91 Å². The van der Waals surface area contributed by atoms with Crippen molar-refractivity contribution in [2.75, 3.05) is 11.9 Å². The predicted molar refractivity (Wildman–Crippen MR) is 76.6 cm³/mol. The van der Waals surface area contributed by atoms with Crippen molar-refractivity contribution >= 4 is 34.9 Å². The van der Waals surface area contributed by atoms with Crippen molar-refractivity contribution in [3.63, 3.8) is 0 Å². The Bertz CT molecular complexity index is 552. The van der Waals surface area contributed by atoms with Crippen molar-refractivity contribution in [3.8, 4) is 0 Å². The van der Waals surface area contributed by atoms with E-state index in [1.807, 2.05) is 0 Å². The summed E-state index contributed by atoms with van der Waals surface area (Å²) in [4.78, 5) is 22.6. The monoisotopic (exact) mass is 316 g/mol. The Labute approximate surface area is 125 Å². The van der Waals surface area contributed by atoms with Gasteiger partial charge in [-0.2, -0.15) is 0 Å². The van der Waals surface area contributed by atoms with Gasteiger partial charge in [0.25, 0.3) is 0 Å². The summed E-state index contributed by atoms with van der Waals surface area (Å²) in [5.74, 6) is -2.98. The minimum absolute atomic E-state index is 0.0620. The largest absolute Gasteiger partial charge is 0.466 e. The fourth-order valence-electron chi connectivity index (χ4n) is 1.37. The molecule has 8 heteroatoms. The summed E-state index contributed by atoms with van der Waals surface area (Å²) in [7, 11) is 0. The van der Waals surface area contributed by atoms with Gasteiger partial charge in [-0.25, -0.2) is 8.78 Å². The maximum Gasteiger partial charge on any atom is 0.306 e. The van der Waals surface area contributed by atoms with Crippen LogP contribution in [0.3, 0.4) is 0 Å². The number of carbonyl (C=O) groups excluding carboxylic acids is 2. The van der Waals surface area contributed by atoms with Gasteiger partial charge in [0.15, 0.2) is 16.7 Å². The maximum atomic E-state index is 13.0. The third kappa shape index (κ3) is 6.26. The summed E-state index contributed by atoms with van der Waals surface area (Å²) in [6.07, 6.45) is -0.147. The summed E-state index contributed by atoms with van der Waals surface area (Å²) < 4.78 is 30.4. The van der Waals surface area contributed by atoms with Crippen LogP contribution in [0.4, 0.5) is 14.5 Å². The van der Waals surface area contributed by atoms with Crippen LogP contribution in [0.25, 0.3) is 0 Å². The molecule has 0 atom stereocenters. The molecule has 0 saturated carbocycles. The van der Waals surface area contributed by atoms with Crippen LogP contribution in [0.1, 0.15) is 19.8 Å². The van der Waals surface area contributed by atoms with Gasteiger partial charge < -0.3 is 15.4 Å². The van der Waals surface area contributed by atoms with Gasteiger partial charge in [0.1, 0.15) is 0 Å². The quantitative estimate of drug-likeness (QED) is 0.643. The Morgan fingerprint density at radius 1 is 1.24 bits per heavy atom. The van der Waals surface area contributed by atoms with Crippen LogP contribution >= 0.6 is 12.2 Å². The standard InChI is InChI=1S/C13H14F2N2O3S/c1-2-20-12(19)6-5-11(18)17-13(21)16-8-3-4-9(14)10(15)7-8/h3-4,7H,2,5-6H2,1H3,(H2,16,17,18,21). The molecule has 0 aliphatic carbocycles. The van der Waals surface area contributed by atoms with Gasteiger partial charge in [0.05, 0.1) is 13.0 Å². The topological polar surface area (TPSA) is 67.4 Å². The fourth-order valence-corrected chi connectivity index (χ4v) is 1.61. The number of esters is 1. The van der Waals surface area contributed by atoms with Gasteiger partial charge in [-0.15, -0.1) is 0 Å². The Hall–Kier alpha value is -2.09. The van der Waals surface area contributed by atoms with E-state index in [1.165, 1.54) is 6.07 Å². The third-order valence-corrected chi connectivity index (χ3v) is 2.50. The number of hydrogen-bond acceptors (Lipinski definition) is 4. The molecule has 1 aromatic carbocycles. The van der Waals surface area contributed by atoms with E-state index in [0.29, 0.717) is 0 Å². The normalized spacial score (nSPS) is 9.86. The lowest BCUT2D eigenvalue weighted by Gasteiger charge is -2.09. The molecular formula is C13H14F2N2O3S. The highest BCUT2D eigenvalue weighted by molar-refractivity contribution is 7.80. The minimum atomic E-state index is -1.03.